The van der Waals surface area contributed by atoms with Crippen LogP contribution in [0.5, 0.6) is 17.4 Å². The molecule has 0 saturated carbocycles. The van der Waals surface area contributed by atoms with E-state index >= 15 is 0 Å². The van der Waals surface area contributed by atoms with E-state index in [1.54, 1.807) is 0 Å². The largest absolute Gasteiger partial charge is 0.505 e. The number of carbonyl (C=O) groups excluding carboxylic acids is 1. The zero-order valence-corrected chi connectivity index (χ0v) is 41.4. The molecular formula is C38H31N9O20S6. The van der Waals surface area contributed by atoms with Gasteiger partial charge in [-0.15, -0.1) is 30.7 Å². The lowest BCUT2D eigenvalue weighted by atomic mass is 10.1. The highest BCUT2D eigenvalue weighted by Gasteiger charge is 2.30. The lowest BCUT2D eigenvalue weighted by Gasteiger charge is -2.13. The van der Waals surface area contributed by atoms with E-state index in [-0.39, 0.29) is 39.9 Å². The highest BCUT2D eigenvalue weighted by Crippen LogP contribution is 2.47. The summed E-state index contributed by atoms with van der Waals surface area (Å²) in [7, 11) is -23.8. The van der Waals surface area contributed by atoms with Gasteiger partial charge in [0, 0.05) is 16.8 Å². The van der Waals surface area contributed by atoms with Gasteiger partial charge >= 0.3 is 5.97 Å². The lowest BCUT2D eigenvalue weighted by molar-refractivity contribution is 0.0594. The molecule has 0 aliphatic heterocycles. The van der Waals surface area contributed by atoms with Crippen LogP contribution in [0.1, 0.15) is 22.5 Å². The molecule has 0 saturated heterocycles. The number of carbonyl (C=O) groups is 1. The van der Waals surface area contributed by atoms with Gasteiger partial charge in [-0.2, -0.15) is 51.9 Å². The van der Waals surface area contributed by atoms with Crippen molar-refractivity contribution >= 4 is 122 Å². The summed E-state index contributed by atoms with van der Waals surface area (Å²) in [6.45, 7) is 1.09. The fraction of sp³-hybridized carbons (Fsp3) is 0.132. The van der Waals surface area contributed by atoms with Crippen LogP contribution in [0.2, 0.25) is 0 Å². The zero-order valence-electron chi connectivity index (χ0n) is 36.5. The number of thiazole rings is 1. The monoisotopic (exact) mass is 1130 g/mol. The first kappa shape index (κ1) is 53.5. The van der Waals surface area contributed by atoms with Gasteiger partial charge < -0.3 is 19.7 Å². The number of aromatic nitrogens is 3. The standard InChI is InChI=1S/C38H31N9O20S6/c1-18-14-27(28(67-12-3-13-69(51,52)53)17-26(18)41-45-38-39-24-10-8-21(71(57,58)59)15-29(24)68-38)42-43-31-30(72(60,61)62)16-23-22(34(31)48)9-11-25(35(23)73(63,64)65)40-44-32-33(37(50)66-2)46-47(36(32)49)19-4-6-20(7-5-19)70(54,55)56/h4-11,14-17,48-49H,3,12-13H2,1-2H3,(H,51,52,53)(H,54,55,56)(H,57,58,59)(H,60,61,62)(H,63,64,65). The van der Waals surface area contributed by atoms with Crippen LogP contribution < -0.4 is 4.74 Å². The van der Waals surface area contributed by atoms with Crippen LogP contribution in [0.15, 0.2) is 123 Å². The summed E-state index contributed by atoms with van der Waals surface area (Å²) >= 11 is 0.909. The molecule has 5 aromatic carbocycles. The molecule has 73 heavy (non-hydrogen) atoms. The lowest BCUT2D eigenvalue weighted by Crippen LogP contribution is -2.08. The number of aryl methyl sites for hydroxylation is 1. The number of phenolic OH excluding ortho intramolecular Hbond substituents is 1. The smallest absolute Gasteiger partial charge is 0.361 e. The summed E-state index contributed by atoms with van der Waals surface area (Å²) in [5.41, 5.74) is -3.10. The summed E-state index contributed by atoms with van der Waals surface area (Å²) < 4.78 is 181. The second kappa shape index (κ2) is 19.9. The molecule has 7 aromatic rings. The topological polar surface area (TPSA) is 453 Å². The molecule has 7 N–H and O–H groups in total. The van der Waals surface area contributed by atoms with Crippen molar-refractivity contribution in [1.82, 2.24) is 14.8 Å². The minimum atomic E-state index is -5.54. The Balaban J connectivity index is 1.31. The van der Waals surface area contributed by atoms with Gasteiger partial charge in [0.1, 0.15) is 32.6 Å². The quantitative estimate of drug-likeness (QED) is 0.0208. The molecule has 0 aliphatic carbocycles. The number of rotatable bonds is 17. The van der Waals surface area contributed by atoms with Crippen molar-refractivity contribution in [3.63, 3.8) is 0 Å². The van der Waals surface area contributed by atoms with Gasteiger partial charge in [0.05, 0.1) is 50.9 Å². The van der Waals surface area contributed by atoms with Crippen molar-refractivity contribution in [2.24, 2.45) is 30.7 Å². The first-order chi connectivity index (χ1) is 33.9. The minimum Gasteiger partial charge on any atom is -0.505 e. The molecule has 0 bridgehead atoms. The third-order valence-corrected chi connectivity index (χ3v) is 15.0. The zero-order chi connectivity index (χ0) is 53.6. The van der Waals surface area contributed by atoms with E-state index in [9.17, 15) is 79.9 Å². The van der Waals surface area contributed by atoms with Crippen molar-refractivity contribution in [2.75, 3.05) is 19.5 Å². The van der Waals surface area contributed by atoms with Crippen molar-refractivity contribution in [3.05, 3.63) is 84.1 Å². The summed E-state index contributed by atoms with van der Waals surface area (Å²) in [6.07, 6.45) is -0.277. The molecule has 0 atom stereocenters. The molecule has 0 fully saturated rings. The normalized spacial score (nSPS) is 13.0. The molecule has 2 aromatic heterocycles. The van der Waals surface area contributed by atoms with Crippen molar-refractivity contribution in [3.8, 4) is 23.1 Å². The van der Waals surface area contributed by atoms with E-state index in [1.807, 2.05) is 0 Å². The third kappa shape index (κ3) is 12.0. The Morgan fingerprint density at radius 2 is 1.30 bits per heavy atom. The molecule has 0 spiro atoms. The van der Waals surface area contributed by atoms with Gasteiger partial charge in [-0.05, 0) is 85.6 Å². The average Bonchev–Trinajstić information content (AvgIpc) is 3.86. The third-order valence-electron chi connectivity index (χ3n) is 9.78. The molecule has 0 radical (unpaired) electrons. The molecule has 7 rings (SSSR count). The molecule has 384 valence electrons. The Labute approximate surface area is 414 Å². The molecule has 2 heterocycles. The van der Waals surface area contributed by atoms with E-state index in [2.05, 4.69) is 45.5 Å². The van der Waals surface area contributed by atoms with E-state index < -0.39 is 134 Å². The maximum atomic E-state index is 13.0. The summed E-state index contributed by atoms with van der Waals surface area (Å²) in [6, 6.07) is 12.3. The van der Waals surface area contributed by atoms with E-state index in [4.69, 9.17) is 4.74 Å². The number of nitrogens with zero attached hydrogens (tertiary/aromatic N) is 9. The Morgan fingerprint density at radius 3 is 1.92 bits per heavy atom. The minimum absolute atomic E-state index is 0.0314. The summed E-state index contributed by atoms with van der Waals surface area (Å²) in [5, 5.41) is 48.6. The first-order valence-corrected chi connectivity index (χ1v) is 27.7. The second-order valence-electron chi connectivity index (χ2n) is 14.7. The van der Waals surface area contributed by atoms with Gasteiger partial charge in [-0.25, -0.2) is 9.78 Å². The molecule has 0 amide bonds. The number of ether oxygens (including phenoxy) is 2. The number of benzene rings is 5. The SMILES string of the molecule is COC(=O)c1nn(-c2ccc(S(=O)(=O)O)cc2)c(O)c1N=Nc1ccc2c(O)c(N=Nc3cc(C)c(N=Nc4nc5ccc(S(=O)(=O)O)cc5s4)cc3OCCCS(=O)(=O)O)c(S(=O)(=O)O)cc2c1S(=O)(=O)O. The number of hydrogen-bond donors (Lipinski definition) is 7. The maximum absolute atomic E-state index is 13.0. The van der Waals surface area contributed by atoms with Crippen molar-refractivity contribution < 1.29 is 89.3 Å². The number of hydrogen-bond acceptors (Lipinski definition) is 24. The van der Waals surface area contributed by atoms with Crippen molar-refractivity contribution in [1.29, 1.82) is 0 Å². The van der Waals surface area contributed by atoms with Crippen LogP contribution in [-0.4, -0.2) is 115 Å². The maximum Gasteiger partial charge on any atom is 0.361 e. The number of esters is 1. The number of phenols is 1. The average molecular weight is 1130 g/mol. The van der Waals surface area contributed by atoms with Crippen molar-refractivity contribution in [2.45, 2.75) is 32.9 Å². The van der Waals surface area contributed by atoms with Gasteiger partial charge in [0.2, 0.25) is 16.7 Å². The molecule has 0 unspecified atom stereocenters. The molecular weight excluding hydrogens is 1090 g/mol. The van der Waals surface area contributed by atoms with Gasteiger partial charge in [-0.1, -0.05) is 11.3 Å². The van der Waals surface area contributed by atoms with Crippen LogP contribution in [-0.2, 0) is 55.3 Å². The molecule has 35 heteroatoms. The fourth-order valence-electron chi connectivity index (χ4n) is 6.48. The number of methoxy groups -OCH3 is 1. The highest BCUT2D eigenvalue weighted by molar-refractivity contribution is 7.87. The van der Waals surface area contributed by atoms with Gasteiger partial charge in [0.15, 0.2) is 11.4 Å². The Morgan fingerprint density at radius 1 is 0.671 bits per heavy atom. The van der Waals surface area contributed by atoms with Crippen LogP contribution >= 0.6 is 11.3 Å². The predicted octanol–water partition coefficient (Wildman–Crippen LogP) is 7.03. The molecule has 29 nitrogen and oxygen atoms in total. The predicted molar refractivity (Wildman–Crippen MR) is 251 cm³/mol. The van der Waals surface area contributed by atoms with Crippen LogP contribution in [0.25, 0.3) is 26.7 Å². The first-order valence-electron chi connectivity index (χ1n) is 19.6. The Hall–Kier alpha value is -7.32. The number of azo groups is 3. The summed E-state index contributed by atoms with van der Waals surface area (Å²) in [5.74, 6) is -4.33. The molecule has 0 aliphatic rings. The van der Waals surface area contributed by atoms with E-state index in [1.165, 1.54) is 31.2 Å². The van der Waals surface area contributed by atoms with E-state index in [0.717, 1.165) is 60.9 Å². The van der Waals surface area contributed by atoms with E-state index in [0.29, 0.717) is 21.0 Å². The second-order valence-corrected chi connectivity index (χ2v) is 22.9. The summed E-state index contributed by atoms with van der Waals surface area (Å²) in [4.78, 5) is 13.4. The number of fused-ring (bicyclic) bond motifs is 2. The Kier molecular flexibility index (Phi) is 14.6. The van der Waals surface area contributed by atoms with Crippen LogP contribution in [0, 0.1) is 6.92 Å². The van der Waals surface area contributed by atoms with Crippen LogP contribution in [0.3, 0.4) is 0 Å². The van der Waals surface area contributed by atoms with Gasteiger partial charge in [-0.3, -0.25) is 22.8 Å². The van der Waals surface area contributed by atoms with Gasteiger partial charge in [0.25, 0.3) is 50.6 Å². The Bertz CT molecular complexity index is 4100. The van der Waals surface area contributed by atoms with Crippen LogP contribution in [0.4, 0.5) is 33.6 Å². The number of aromatic hydroxyl groups is 2. The highest BCUT2D eigenvalue weighted by atomic mass is 32.2. The fourth-order valence-corrected chi connectivity index (χ4v) is 10.3.